The van der Waals surface area contributed by atoms with Crippen molar-refractivity contribution in [3.8, 4) is 0 Å². The molecule has 0 aliphatic carbocycles. The molecule has 19 heavy (non-hydrogen) atoms. The molecule has 0 aromatic heterocycles. The van der Waals surface area contributed by atoms with Crippen molar-refractivity contribution in [2.24, 2.45) is 0 Å². The fourth-order valence-corrected chi connectivity index (χ4v) is 3.68. The maximum atomic E-state index is 12.4. The molecule has 0 aliphatic heterocycles. The van der Waals surface area contributed by atoms with Crippen molar-refractivity contribution < 1.29 is 4.21 Å². The zero-order valence-corrected chi connectivity index (χ0v) is 13.2. The van der Waals surface area contributed by atoms with Gasteiger partial charge in [-0.25, -0.2) is 0 Å². The first-order valence-electron chi connectivity index (χ1n) is 7.36. The molecule has 1 N–H and O–H groups in total. The molecule has 0 fully saturated rings. The van der Waals surface area contributed by atoms with Crippen LogP contribution >= 0.6 is 0 Å². The van der Waals surface area contributed by atoms with E-state index in [9.17, 15) is 4.21 Å². The van der Waals surface area contributed by atoms with Gasteiger partial charge in [0.25, 0.3) is 0 Å². The second kappa shape index (κ2) is 9.27. The Hall–Kier alpha value is -0.670. The fourth-order valence-electron chi connectivity index (χ4n) is 2.27. The molecule has 1 aromatic rings. The minimum Gasteiger partial charge on any atom is -0.309 e. The van der Waals surface area contributed by atoms with E-state index in [2.05, 4.69) is 38.2 Å². The quantitative estimate of drug-likeness (QED) is 0.700. The average Bonchev–Trinajstić information content (AvgIpc) is 2.45. The molecular formula is C16H27NOS. The van der Waals surface area contributed by atoms with Crippen molar-refractivity contribution in [2.45, 2.75) is 51.3 Å². The Morgan fingerprint density at radius 2 is 1.84 bits per heavy atom. The SMILES string of the molecule is CCCCCS(=O)C(C)C(NCC)c1ccccc1. The summed E-state index contributed by atoms with van der Waals surface area (Å²) in [4.78, 5) is 0. The molecule has 2 nitrogen and oxygen atoms in total. The van der Waals surface area contributed by atoms with Gasteiger partial charge in [0.15, 0.2) is 0 Å². The highest BCUT2D eigenvalue weighted by molar-refractivity contribution is 7.85. The Morgan fingerprint density at radius 3 is 2.42 bits per heavy atom. The fraction of sp³-hybridized carbons (Fsp3) is 0.625. The molecule has 0 aliphatic rings. The standard InChI is InChI=1S/C16H27NOS/c1-4-6-10-13-19(18)14(3)16(17-5-2)15-11-8-7-9-12-15/h7-9,11-12,14,16-17H,4-6,10,13H2,1-3H3. The summed E-state index contributed by atoms with van der Waals surface area (Å²) in [5.41, 5.74) is 1.24. The third-order valence-electron chi connectivity index (χ3n) is 3.42. The summed E-state index contributed by atoms with van der Waals surface area (Å²) < 4.78 is 12.4. The van der Waals surface area contributed by atoms with Crippen molar-refractivity contribution in [3.63, 3.8) is 0 Å². The summed E-state index contributed by atoms with van der Waals surface area (Å²) >= 11 is 0. The molecule has 3 atom stereocenters. The van der Waals surface area contributed by atoms with E-state index in [0.717, 1.165) is 18.7 Å². The minimum absolute atomic E-state index is 0.152. The van der Waals surface area contributed by atoms with Gasteiger partial charge in [0, 0.05) is 22.6 Å². The Morgan fingerprint density at radius 1 is 1.16 bits per heavy atom. The highest BCUT2D eigenvalue weighted by Crippen LogP contribution is 2.21. The largest absolute Gasteiger partial charge is 0.309 e. The lowest BCUT2D eigenvalue weighted by Gasteiger charge is -2.25. The third kappa shape index (κ3) is 5.45. The molecule has 0 radical (unpaired) electrons. The van der Waals surface area contributed by atoms with E-state index >= 15 is 0 Å². The lowest BCUT2D eigenvalue weighted by molar-refractivity contribution is 0.534. The molecule has 1 rings (SSSR count). The van der Waals surface area contributed by atoms with Gasteiger partial charge in [0.1, 0.15) is 0 Å². The second-order valence-electron chi connectivity index (χ2n) is 4.94. The Bertz CT molecular complexity index is 366. The van der Waals surface area contributed by atoms with Gasteiger partial charge in [-0.1, -0.05) is 57.0 Å². The Balaban J connectivity index is 2.67. The van der Waals surface area contributed by atoms with Crippen LogP contribution in [0.5, 0.6) is 0 Å². The predicted octanol–water partition coefficient (Wildman–Crippen LogP) is 3.66. The van der Waals surface area contributed by atoms with E-state index in [1.165, 1.54) is 18.4 Å². The Kier molecular flexibility index (Phi) is 7.99. The lowest BCUT2D eigenvalue weighted by atomic mass is 10.0. The molecule has 0 saturated heterocycles. The molecular weight excluding hydrogens is 254 g/mol. The van der Waals surface area contributed by atoms with Gasteiger partial charge in [0.2, 0.25) is 0 Å². The number of benzene rings is 1. The van der Waals surface area contributed by atoms with Crippen molar-refractivity contribution in [3.05, 3.63) is 35.9 Å². The van der Waals surface area contributed by atoms with Crippen LogP contribution in [0.4, 0.5) is 0 Å². The first-order valence-corrected chi connectivity index (χ1v) is 8.74. The number of hydrogen-bond donors (Lipinski definition) is 1. The number of rotatable bonds is 9. The maximum Gasteiger partial charge on any atom is 0.0514 e. The topological polar surface area (TPSA) is 29.1 Å². The van der Waals surface area contributed by atoms with E-state index in [-0.39, 0.29) is 11.3 Å². The summed E-state index contributed by atoms with van der Waals surface area (Å²) in [5.74, 6) is 0.823. The molecule has 1 aromatic carbocycles. The summed E-state index contributed by atoms with van der Waals surface area (Å²) in [7, 11) is -0.761. The minimum atomic E-state index is -0.761. The highest BCUT2D eigenvalue weighted by Gasteiger charge is 2.22. The van der Waals surface area contributed by atoms with Crippen molar-refractivity contribution in [1.82, 2.24) is 5.32 Å². The first kappa shape index (κ1) is 16.4. The van der Waals surface area contributed by atoms with E-state index < -0.39 is 10.8 Å². The van der Waals surface area contributed by atoms with Crippen LogP contribution in [0.25, 0.3) is 0 Å². The van der Waals surface area contributed by atoms with E-state index in [4.69, 9.17) is 0 Å². The van der Waals surface area contributed by atoms with Crippen LogP contribution < -0.4 is 5.32 Å². The van der Waals surface area contributed by atoms with Crippen molar-refractivity contribution in [1.29, 1.82) is 0 Å². The zero-order chi connectivity index (χ0) is 14.1. The van der Waals surface area contributed by atoms with Crippen LogP contribution in [0.2, 0.25) is 0 Å². The van der Waals surface area contributed by atoms with Crippen LogP contribution in [0.15, 0.2) is 30.3 Å². The number of unbranched alkanes of at least 4 members (excludes halogenated alkanes) is 2. The summed E-state index contributed by atoms with van der Waals surface area (Å²) in [6, 6.07) is 10.5. The molecule has 0 spiro atoms. The first-order chi connectivity index (χ1) is 9.20. The summed E-state index contributed by atoms with van der Waals surface area (Å²) in [5, 5.41) is 3.63. The summed E-state index contributed by atoms with van der Waals surface area (Å²) in [6.07, 6.45) is 3.43. The van der Waals surface area contributed by atoms with Gasteiger partial charge in [-0.15, -0.1) is 0 Å². The lowest BCUT2D eigenvalue weighted by Crippen LogP contribution is -2.33. The van der Waals surface area contributed by atoms with Gasteiger partial charge in [-0.05, 0) is 25.5 Å². The smallest absolute Gasteiger partial charge is 0.0514 e. The predicted molar refractivity (Wildman–Crippen MR) is 84.9 cm³/mol. The van der Waals surface area contributed by atoms with Crippen LogP contribution in [0.1, 0.15) is 51.6 Å². The monoisotopic (exact) mass is 281 g/mol. The van der Waals surface area contributed by atoms with E-state index in [1.807, 2.05) is 18.2 Å². The van der Waals surface area contributed by atoms with Crippen LogP contribution in [0.3, 0.4) is 0 Å². The molecule has 0 bridgehead atoms. The van der Waals surface area contributed by atoms with Gasteiger partial charge in [0.05, 0.1) is 5.25 Å². The Labute approximate surface area is 120 Å². The van der Waals surface area contributed by atoms with Crippen molar-refractivity contribution >= 4 is 10.8 Å². The number of hydrogen-bond acceptors (Lipinski definition) is 2. The summed E-state index contributed by atoms with van der Waals surface area (Å²) in [6.45, 7) is 7.28. The van der Waals surface area contributed by atoms with Crippen LogP contribution in [-0.4, -0.2) is 21.8 Å². The van der Waals surface area contributed by atoms with Crippen molar-refractivity contribution in [2.75, 3.05) is 12.3 Å². The molecule has 0 heterocycles. The maximum absolute atomic E-state index is 12.4. The van der Waals surface area contributed by atoms with E-state index in [1.54, 1.807) is 0 Å². The number of nitrogens with one attached hydrogen (secondary N) is 1. The molecule has 0 saturated carbocycles. The van der Waals surface area contributed by atoms with E-state index in [0.29, 0.717) is 0 Å². The van der Waals surface area contributed by atoms with Crippen LogP contribution in [-0.2, 0) is 10.8 Å². The second-order valence-corrected chi connectivity index (χ2v) is 6.86. The van der Waals surface area contributed by atoms with Gasteiger partial charge >= 0.3 is 0 Å². The van der Waals surface area contributed by atoms with Gasteiger partial charge < -0.3 is 5.32 Å². The molecule has 3 unspecified atom stereocenters. The van der Waals surface area contributed by atoms with Gasteiger partial charge in [-0.2, -0.15) is 0 Å². The zero-order valence-electron chi connectivity index (χ0n) is 12.4. The average molecular weight is 281 g/mol. The molecule has 3 heteroatoms. The molecule has 0 amide bonds. The third-order valence-corrected chi connectivity index (χ3v) is 5.21. The highest BCUT2D eigenvalue weighted by atomic mass is 32.2. The van der Waals surface area contributed by atoms with Crippen LogP contribution in [0, 0.1) is 0 Å². The molecule has 108 valence electrons. The van der Waals surface area contributed by atoms with Gasteiger partial charge in [-0.3, -0.25) is 4.21 Å². The normalized spacial score (nSPS) is 15.9.